The van der Waals surface area contributed by atoms with Crippen molar-refractivity contribution in [2.24, 2.45) is 0 Å². The number of benzene rings is 1. The van der Waals surface area contributed by atoms with Crippen molar-refractivity contribution < 1.29 is 17.9 Å². The Morgan fingerprint density at radius 3 is 2.80 bits per heavy atom. The van der Waals surface area contributed by atoms with E-state index in [0.717, 1.165) is 9.71 Å². The molecule has 8 nitrogen and oxygen atoms in total. The predicted octanol–water partition coefficient (Wildman–Crippen LogP) is 1.93. The number of ether oxygens (including phenoxy) is 1. The van der Waals surface area contributed by atoms with Gasteiger partial charge in [-0.25, -0.2) is 22.2 Å². The van der Waals surface area contributed by atoms with Crippen molar-refractivity contribution in [2.45, 2.75) is 13.0 Å². The number of carbonyl (C=O) groups is 1. The monoisotopic (exact) mass is 382 g/mol. The minimum Gasteiger partial charge on any atom is -0.463 e. The SMILES string of the molecule is COC(=O)c1nc2n(n1)CCCN2S(=O)(=O)/C=C\c1ccccc1Cl. The lowest BCUT2D eigenvalue weighted by Crippen LogP contribution is -2.36. The summed E-state index contributed by atoms with van der Waals surface area (Å²) in [4.78, 5) is 15.6. The molecule has 0 amide bonds. The summed E-state index contributed by atoms with van der Waals surface area (Å²) in [7, 11) is -2.60. The van der Waals surface area contributed by atoms with Crippen LogP contribution >= 0.6 is 11.6 Å². The first-order valence-electron chi connectivity index (χ1n) is 7.41. The Labute approximate surface area is 149 Å². The highest BCUT2D eigenvalue weighted by molar-refractivity contribution is 7.95. The van der Waals surface area contributed by atoms with Crippen molar-refractivity contribution in [3.05, 3.63) is 46.1 Å². The molecule has 0 unspecified atom stereocenters. The minimum atomic E-state index is -3.81. The molecule has 3 rings (SSSR count). The number of fused-ring (bicyclic) bond motifs is 1. The van der Waals surface area contributed by atoms with Crippen LogP contribution in [0.1, 0.15) is 22.6 Å². The van der Waals surface area contributed by atoms with Crippen LogP contribution in [0.15, 0.2) is 29.7 Å². The normalized spacial score (nSPS) is 14.6. The maximum atomic E-state index is 12.7. The van der Waals surface area contributed by atoms with Gasteiger partial charge in [0.25, 0.3) is 15.8 Å². The fourth-order valence-corrected chi connectivity index (χ4v) is 3.80. The summed E-state index contributed by atoms with van der Waals surface area (Å²) in [6.45, 7) is 0.716. The molecule has 0 atom stereocenters. The summed E-state index contributed by atoms with van der Waals surface area (Å²) < 4.78 is 32.4. The molecule has 0 radical (unpaired) electrons. The number of halogens is 1. The number of nitrogens with zero attached hydrogens (tertiary/aromatic N) is 4. The number of carbonyl (C=O) groups excluding carboxylic acids is 1. The number of hydrogen-bond donors (Lipinski definition) is 0. The summed E-state index contributed by atoms with van der Waals surface area (Å²) in [5, 5.41) is 5.51. The molecule has 0 aliphatic carbocycles. The predicted molar refractivity (Wildman–Crippen MR) is 92.7 cm³/mol. The van der Waals surface area contributed by atoms with Gasteiger partial charge < -0.3 is 4.74 Å². The van der Waals surface area contributed by atoms with Crippen molar-refractivity contribution in [3.63, 3.8) is 0 Å². The average Bonchev–Trinajstić information content (AvgIpc) is 3.04. The minimum absolute atomic E-state index is 0.0930. The lowest BCUT2D eigenvalue weighted by atomic mass is 10.2. The Hall–Kier alpha value is -2.39. The third-order valence-corrected chi connectivity index (χ3v) is 5.39. The van der Waals surface area contributed by atoms with Crippen molar-refractivity contribution in [1.82, 2.24) is 14.8 Å². The largest absolute Gasteiger partial charge is 0.463 e. The van der Waals surface area contributed by atoms with E-state index in [-0.39, 0.29) is 18.3 Å². The molecule has 1 aliphatic heterocycles. The van der Waals surface area contributed by atoms with Gasteiger partial charge in [0.2, 0.25) is 5.95 Å². The van der Waals surface area contributed by atoms with Crippen LogP contribution in [0.5, 0.6) is 0 Å². The zero-order chi connectivity index (χ0) is 18.0. The molecule has 1 aliphatic rings. The Kier molecular flexibility index (Phi) is 4.78. The molecule has 1 aromatic carbocycles. The number of aryl methyl sites for hydroxylation is 1. The number of aromatic nitrogens is 3. The van der Waals surface area contributed by atoms with Crippen molar-refractivity contribution in [2.75, 3.05) is 18.0 Å². The quantitative estimate of drug-likeness (QED) is 0.750. The van der Waals surface area contributed by atoms with E-state index in [0.29, 0.717) is 23.6 Å². The highest BCUT2D eigenvalue weighted by Gasteiger charge is 2.30. The standard InChI is InChI=1S/C15H15ClN4O4S/c1-24-14(21)13-17-15-19(18-13)8-4-9-20(15)25(22,23)10-7-11-5-2-3-6-12(11)16/h2-3,5-7,10H,4,8-9H2,1H3/b10-7-. The molecule has 0 saturated carbocycles. The van der Waals surface area contributed by atoms with Crippen LogP contribution in [0.2, 0.25) is 5.02 Å². The molecule has 0 spiro atoms. The van der Waals surface area contributed by atoms with Gasteiger partial charge in [0, 0.05) is 18.1 Å². The number of rotatable bonds is 4. The third kappa shape index (κ3) is 3.52. The second kappa shape index (κ2) is 6.85. The first kappa shape index (κ1) is 17.4. The van der Waals surface area contributed by atoms with Crippen LogP contribution in [0.3, 0.4) is 0 Å². The number of esters is 1. The lowest BCUT2D eigenvalue weighted by molar-refractivity contribution is 0.0586. The third-order valence-electron chi connectivity index (χ3n) is 3.61. The molecule has 2 aromatic rings. The first-order valence-corrected chi connectivity index (χ1v) is 9.29. The van der Waals surface area contributed by atoms with E-state index >= 15 is 0 Å². The zero-order valence-electron chi connectivity index (χ0n) is 13.3. The summed E-state index contributed by atoms with van der Waals surface area (Å²) >= 11 is 6.04. The van der Waals surface area contributed by atoms with Crippen molar-refractivity contribution in [3.8, 4) is 0 Å². The van der Waals surface area contributed by atoms with E-state index in [4.69, 9.17) is 11.6 Å². The molecule has 1 aromatic heterocycles. The van der Waals surface area contributed by atoms with Gasteiger partial charge in [-0.2, -0.15) is 4.98 Å². The number of hydrogen-bond acceptors (Lipinski definition) is 6. The van der Waals surface area contributed by atoms with E-state index in [1.807, 2.05) is 0 Å². The topological polar surface area (TPSA) is 94.4 Å². The van der Waals surface area contributed by atoms with Crippen LogP contribution < -0.4 is 4.31 Å². The smallest absolute Gasteiger partial charge is 0.378 e. The van der Waals surface area contributed by atoms with Gasteiger partial charge in [0.1, 0.15) is 0 Å². The summed E-state index contributed by atoms with van der Waals surface area (Å²) in [5.74, 6) is -0.795. The number of methoxy groups -OCH3 is 1. The van der Waals surface area contributed by atoms with Gasteiger partial charge in [-0.1, -0.05) is 29.8 Å². The maximum Gasteiger partial charge on any atom is 0.378 e. The second-order valence-corrected chi connectivity index (χ2v) is 7.40. The molecule has 0 fully saturated rings. The highest BCUT2D eigenvalue weighted by atomic mass is 35.5. The lowest BCUT2D eigenvalue weighted by Gasteiger charge is -2.25. The van der Waals surface area contributed by atoms with Gasteiger partial charge in [-0.05, 0) is 24.1 Å². The van der Waals surface area contributed by atoms with Crippen LogP contribution in [-0.4, -0.2) is 42.8 Å². The molecule has 0 saturated heterocycles. The molecule has 0 N–H and O–H groups in total. The molecule has 0 bridgehead atoms. The fraction of sp³-hybridized carbons (Fsp3) is 0.267. The maximum absolute atomic E-state index is 12.7. The zero-order valence-corrected chi connectivity index (χ0v) is 14.9. The molecule has 2 heterocycles. The molecule has 25 heavy (non-hydrogen) atoms. The van der Waals surface area contributed by atoms with Crippen LogP contribution in [0, 0.1) is 0 Å². The van der Waals surface area contributed by atoms with E-state index in [9.17, 15) is 13.2 Å². The van der Waals surface area contributed by atoms with Gasteiger partial charge in [0.05, 0.1) is 12.5 Å². The second-order valence-electron chi connectivity index (χ2n) is 5.25. The average molecular weight is 383 g/mol. The van der Waals surface area contributed by atoms with E-state index in [1.54, 1.807) is 24.3 Å². The summed E-state index contributed by atoms with van der Waals surface area (Å²) in [6.07, 6.45) is 1.98. The molecule has 10 heteroatoms. The Balaban J connectivity index is 1.93. The highest BCUT2D eigenvalue weighted by Crippen LogP contribution is 2.24. The Bertz CT molecular complexity index is 939. The molecular weight excluding hydrogens is 368 g/mol. The Morgan fingerprint density at radius 1 is 1.32 bits per heavy atom. The summed E-state index contributed by atoms with van der Waals surface area (Å²) in [5.41, 5.74) is 0.585. The van der Waals surface area contributed by atoms with E-state index in [2.05, 4.69) is 14.8 Å². The van der Waals surface area contributed by atoms with Gasteiger partial charge in [-0.3, -0.25) is 0 Å². The van der Waals surface area contributed by atoms with Crippen molar-refractivity contribution in [1.29, 1.82) is 0 Å². The molecular formula is C15H15ClN4O4S. The fourth-order valence-electron chi connectivity index (χ4n) is 2.39. The number of sulfonamides is 1. The van der Waals surface area contributed by atoms with Gasteiger partial charge in [0.15, 0.2) is 0 Å². The van der Waals surface area contributed by atoms with E-state index < -0.39 is 16.0 Å². The van der Waals surface area contributed by atoms with Crippen LogP contribution in [0.4, 0.5) is 5.95 Å². The van der Waals surface area contributed by atoms with E-state index in [1.165, 1.54) is 17.9 Å². The van der Waals surface area contributed by atoms with Gasteiger partial charge >= 0.3 is 5.97 Å². The summed E-state index contributed by atoms with van der Waals surface area (Å²) in [6, 6.07) is 6.91. The van der Waals surface area contributed by atoms with Crippen molar-refractivity contribution >= 4 is 39.6 Å². The van der Waals surface area contributed by atoms with Crippen LogP contribution in [-0.2, 0) is 21.3 Å². The molecule has 132 valence electrons. The first-order chi connectivity index (χ1) is 11.9. The Morgan fingerprint density at radius 2 is 2.08 bits per heavy atom. The van der Waals surface area contributed by atoms with Gasteiger partial charge in [-0.15, -0.1) is 5.10 Å². The number of anilines is 1. The van der Waals surface area contributed by atoms with Crippen LogP contribution in [0.25, 0.3) is 6.08 Å².